The SMILES string of the molecule is COc1c(CN(C)C2(C)CCC2)cc(O)c2c1C[C@H]1C[C@H]3[C@H](N(C)C)C(O)=C(C(N)=O)C4=CO[C@@]43C(O)=C1C2=O. The fraction of sp³-hybridized carbons (Fsp3) is 0.533. The van der Waals surface area contributed by atoms with E-state index in [1.54, 1.807) is 32.2 Å². The summed E-state index contributed by atoms with van der Waals surface area (Å²) in [7, 11) is 7.17. The molecule has 10 heteroatoms. The molecule has 5 N–H and O–H groups in total. The monoisotopic (exact) mass is 551 g/mol. The second-order valence-electron chi connectivity index (χ2n) is 12.4. The number of aliphatic hydroxyl groups is 2. The number of ether oxygens (including phenoxy) is 2. The third kappa shape index (κ3) is 3.29. The van der Waals surface area contributed by atoms with E-state index in [1.165, 1.54) is 12.7 Å². The van der Waals surface area contributed by atoms with Crippen molar-refractivity contribution in [3.63, 3.8) is 0 Å². The first kappa shape index (κ1) is 26.7. The molecule has 1 amide bonds. The van der Waals surface area contributed by atoms with E-state index in [4.69, 9.17) is 15.2 Å². The Morgan fingerprint density at radius 1 is 1.23 bits per heavy atom. The van der Waals surface area contributed by atoms with Gasteiger partial charge in [-0.1, -0.05) is 0 Å². The number of nitrogens with two attached hydrogens (primary N) is 1. The molecule has 1 aromatic carbocycles. The summed E-state index contributed by atoms with van der Waals surface area (Å²) in [6.07, 6.45) is 5.43. The maximum absolute atomic E-state index is 14.1. The van der Waals surface area contributed by atoms with Gasteiger partial charge >= 0.3 is 0 Å². The minimum Gasteiger partial charge on any atom is -0.510 e. The second-order valence-corrected chi connectivity index (χ2v) is 12.4. The summed E-state index contributed by atoms with van der Waals surface area (Å²) >= 11 is 0. The molecule has 1 aliphatic heterocycles. The average Bonchev–Trinajstić information content (AvgIpc) is 2.83. The number of primary amides is 1. The molecule has 214 valence electrons. The smallest absolute Gasteiger partial charge is 0.252 e. The average molecular weight is 552 g/mol. The Bertz CT molecular complexity index is 1440. The van der Waals surface area contributed by atoms with E-state index in [0.29, 0.717) is 30.7 Å². The Morgan fingerprint density at radius 2 is 1.93 bits per heavy atom. The van der Waals surface area contributed by atoms with Gasteiger partial charge in [-0.3, -0.25) is 19.4 Å². The van der Waals surface area contributed by atoms with Crippen molar-refractivity contribution in [3.8, 4) is 11.5 Å². The molecule has 1 saturated carbocycles. The summed E-state index contributed by atoms with van der Waals surface area (Å²) in [5.74, 6) is -2.30. The quantitative estimate of drug-likeness (QED) is 0.419. The van der Waals surface area contributed by atoms with Crippen LogP contribution < -0.4 is 10.5 Å². The Morgan fingerprint density at radius 3 is 2.45 bits per heavy atom. The van der Waals surface area contributed by atoms with Gasteiger partial charge in [0, 0.05) is 34.7 Å². The third-order valence-corrected chi connectivity index (χ3v) is 10.1. The maximum Gasteiger partial charge on any atom is 0.252 e. The molecule has 0 unspecified atom stereocenters. The van der Waals surface area contributed by atoms with Gasteiger partial charge in [-0.25, -0.2) is 0 Å². The number of aromatic hydroxyl groups is 1. The molecule has 0 radical (unpaired) electrons. The van der Waals surface area contributed by atoms with E-state index in [1.807, 2.05) is 0 Å². The van der Waals surface area contributed by atoms with Crippen LogP contribution in [0, 0.1) is 11.8 Å². The van der Waals surface area contributed by atoms with Crippen LogP contribution in [0.2, 0.25) is 0 Å². The van der Waals surface area contributed by atoms with Gasteiger partial charge in [-0.05, 0) is 72.2 Å². The van der Waals surface area contributed by atoms with Crippen LogP contribution in [0.5, 0.6) is 11.5 Å². The molecule has 1 aromatic rings. The molecule has 1 heterocycles. The number of phenolic OH excluding ortho intramolecular Hbond substituents is 1. The number of nitrogens with zero attached hydrogens (tertiary/aromatic N) is 2. The van der Waals surface area contributed by atoms with E-state index >= 15 is 0 Å². The summed E-state index contributed by atoms with van der Waals surface area (Å²) in [4.78, 5) is 30.5. The van der Waals surface area contributed by atoms with E-state index in [9.17, 15) is 24.9 Å². The highest BCUT2D eigenvalue weighted by Crippen LogP contribution is 2.60. The highest BCUT2D eigenvalue weighted by molar-refractivity contribution is 6.14. The first-order valence-electron chi connectivity index (χ1n) is 13.8. The number of carbonyl (C=O) groups is 2. The Balaban J connectivity index is 1.47. The number of allylic oxidation sites excluding steroid dienone is 1. The number of ketones is 1. The van der Waals surface area contributed by atoms with Crippen molar-refractivity contribution in [2.24, 2.45) is 17.6 Å². The lowest BCUT2D eigenvalue weighted by molar-refractivity contribution is -0.118. The van der Waals surface area contributed by atoms with E-state index in [-0.39, 0.29) is 45.1 Å². The first-order valence-corrected chi connectivity index (χ1v) is 13.8. The molecule has 5 aliphatic rings. The summed E-state index contributed by atoms with van der Waals surface area (Å²) < 4.78 is 11.8. The van der Waals surface area contributed by atoms with Crippen molar-refractivity contribution >= 4 is 11.7 Å². The number of benzene rings is 1. The van der Waals surface area contributed by atoms with Crippen LogP contribution in [0.4, 0.5) is 0 Å². The summed E-state index contributed by atoms with van der Waals surface area (Å²) in [6, 6.07) is 0.911. The number of hydrogen-bond acceptors (Lipinski definition) is 9. The molecule has 6 rings (SSSR count). The Kier molecular flexibility index (Phi) is 5.84. The fourth-order valence-electron chi connectivity index (χ4n) is 7.77. The highest BCUT2D eigenvalue weighted by atomic mass is 16.5. The molecule has 10 nitrogen and oxygen atoms in total. The molecule has 4 atom stereocenters. The molecule has 1 fully saturated rings. The number of hydrogen-bond donors (Lipinski definition) is 4. The number of Topliss-reactive ketones (excluding diaryl/α,β-unsaturated/α-hetero) is 1. The van der Waals surface area contributed by atoms with E-state index in [2.05, 4.69) is 18.9 Å². The van der Waals surface area contributed by atoms with Crippen LogP contribution in [0.3, 0.4) is 0 Å². The van der Waals surface area contributed by atoms with Gasteiger partial charge in [0.2, 0.25) is 0 Å². The standard InChI is InChI=1S/C30H37N3O7/c1-29(7-6-8-29)33(4)12-15-11-19(34)21-16(26(15)39-5)9-14-10-17-23(32(2)3)25(36)22(28(31)38)18-13-40-30(17,18)27(37)20(14)24(21)35/h11,13-14,17,23,34,36-37H,6-10,12H2,1-5H3,(H2,31,38)/t14-,17-,23-,30+/m0/s1. The lowest BCUT2D eigenvalue weighted by Crippen LogP contribution is -2.63. The van der Waals surface area contributed by atoms with Crippen LogP contribution in [0.1, 0.15) is 54.1 Å². The van der Waals surface area contributed by atoms with Crippen LogP contribution in [-0.4, -0.2) is 82.2 Å². The number of phenols is 1. The number of amides is 1. The minimum atomic E-state index is -1.48. The summed E-state index contributed by atoms with van der Waals surface area (Å²) in [5, 5.41) is 34.1. The fourth-order valence-corrected chi connectivity index (χ4v) is 7.77. The zero-order valence-corrected chi connectivity index (χ0v) is 23.6. The number of aliphatic hydroxyl groups excluding tert-OH is 2. The van der Waals surface area contributed by atoms with Crippen LogP contribution >= 0.6 is 0 Å². The van der Waals surface area contributed by atoms with Crippen molar-refractivity contribution in [1.29, 1.82) is 0 Å². The molecule has 40 heavy (non-hydrogen) atoms. The second kappa shape index (κ2) is 8.75. The molecular formula is C30H37N3O7. The molecule has 0 aromatic heterocycles. The predicted molar refractivity (Wildman–Crippen MR) is 146 cm³/mol. The molecular weight excluding hydrogens is 514 g/mol. The number of likely N-dealkylation sites (N-methyl/N-ethyl adjacent to an activating group) is 1. The molecule has 4 aliphatic carbocycles. The Hall–Kier alpha value is -3.50. The van der Waals surface area contributed by atoms with Crippen molar-refractivity contribution in [1.82, 2.24) is 9.80 Å². The predicted octanol–water partition coefficient (Wildman–Crippen LogP) is 2.86. The number of fused-ring (bicyclic) bond motifs is 2. The van der Waals surface area contributed by atoms with Gasteiger partial charge in [-0.15, -0.1) is 0 Å². The lowest BCUT2D eigenvalue weighted by atomic mass is 9.56. The van der Waals surface area contributed by atoms with Crippen molar-refractivity contribution < 1.29 is 34.4 Å². The van der Waals surface area contributed by atoms with Crippen molar-refractivity contribution in [2.75, 3.05) is 28.3 Å². The Labute approximate surface area is 233 Å². The number of carbonyl (C=O) groups excluding carboxylic acids is 2. The van der Waals surface area contributed by atoms with Crippen LogP contribution in [-0.2, 0) is 22.5 Å². The number of methoxy groups -OCH3 is 1. The normalized spacial score (nSPS) is 29.9. The number of rotatable bonds is 6. The van der Waals surface area contributed by atoms with Crippen molar-refractivity contribution in [3.05, 3.63) is 57.3 Å². The molecule has 0 saturated heterocycles. The topological polar surface area (TPSA) is 146 Å². The zero-order chi connectivity index (χ0) is 28.9. The van der Waals surface area contributed by atoms with Gasteiger partial charge in [0.15, 0.2) is 11.4 Å². The third-order valence-electron chi connectivity index (χ3n) is 10.1. The van der Waals surface area contributed by atoms with E-state index < -0.39 is 35.2 Å². The summed E-state index contributed by atoms with van der Waals surface area (Å²) in [5.41, 5.74) is 6.10. The van der Waals surface area contributed by atoms with Gasteiger partial charge < -0.3 is 30.5 Å². The maximum atomic E-state index is 14.1. The van der Waals surface area contributed by atoms with Gasteiger partial charge in [0.25, 0.3) is 5.91 Å². The summed E-state index contributed by atoms with van der Waals surface area (Å²) in [6.45, 7) is 2.78. The lowest BCUT2D eigenvalue weighted by Gasteiger charge is -2.57. The van der Waals surface area contributed by atoms with Crippen LogP contribution in [0.15, 0.2) is 40.6 Å². The molecule has 0 bridgehead atoms. The largest absolute Gasteiger partial charge is 0.510 e. The van der Waals surface area contributed by atoms with Gasteiger partial charge in [0.05, 0.1) is 36.1 Å². The first-order chi connectivity index (χ1) is 18.9. The zero-order valence-electron chi connectivity index (χ0n) is 23.6. The minimum absolute atomic E-state index is 0.0845. The van der Waals surface area contributed by atoms with Crippen LogP contribution in [0.25, 0.3) is 0 Å². The van der Waals surface area contributed by atoms with E-state index in [0.717, 1.165) is 18.4 Å². The van der Waals surface area contributed by atoms with Gasteiger partial charge in [0.1, 0.15) is 23.0 Å². The van der Waals surface area contributed by atoms with Crippen molar-refractivity contribution in [2.45, 2.75) is 62.8 Å². The molecule has 1 spiro atoms. The highest BCUT2D eigenvalue weighted by Gasteiger charge is 2.66. The van der Waals surface area contributed by atoms with Gasteiger partial charge in [-0.2, -0.15) is 0 Å².